The van der Waals surface area contributed by atoms with Crippen molar-refractivity contribution in [2.45, 2.75) is 27.7 Å². The average Bonchev–Trinajstić information content (AvgIpc) is 2.80. The first-order valence-corrected chi connectivity index (χ1v) is 10.5. The second-order valence-corrected chi connectivity index (χ2v) is 6.28. The van der Waals surface area contributed by atoms with Crippen LogP contribution in [0.4, 0.5) is 5.69 Å². The summed E-state index contributed by atoms with van der Waals surface area (Å²) < 4.78 is 2.22. The van der Waals surface area contributed by atoms with Gasteiger partial charge < -0.3 is 4.90 Å². The standard InChI is InChI=1S/C23H21N2.2C2H6/c1-24-20(16-14-18-8-3-5-12-22(18)24)10-7-11-21-17-15-19-9-4-6-13-23(19)25(21)2;2*1-2/h3-17H,1-2H3;2*1-2H3/q+1;;. The molecular formula is C27H33N2+. The molecule has 4 rings (SSSR count). The highest BCUT2D eigenvalue weighted by Crippen LogP contribution is 2.29. The molecule has 0 saturated carbocycles. The van der Waals surface area contributed by atoms with Gasteiger partial charge in [0.15, 0.2) is 0 Å². The lowest BCUT2D eigenvalue weighted by Gasteiger charge is -2.25. The van der Waals surface area contributed by atoms with Gasteiger partial charge in [-0.05, 0) is 35.9 Å². The van der Waals surface area contributed by atoms with Gasteiger partial charge in [-0.3, -0.25) is 0 Å². The number of para-hydroxylation sites is 2. The zero-order chi connectivity index (χ0) is 21.2. The highest BCUT2D eigenvalue weighted by atomic mass is 15.1. The van der Waals surface area contributed by atoms with Gasteiger partial charge in [-0.25, -0.2) is 0 Å². The van der Waals surface area contributed by atoms with Crippen molar-refractivity contribution in [1.29, 1.82) is 0 Å². The Morgan fingerprint density at radius 1 is 0.793 bits per heavy atom. The van der Waals surface area contributed by atoms with Crippen molar-refractivity contribution < 1.29 is 4.57 Å². The summed E-state index contributed by atoms with van der Waals surface area (Å²) >= 11 is 0. The van der Waals surface area contributed by atoms with Crippen LogP contribution >= 0.6 is 0 Å². The largest absolute Gasteiger partial charge is 0.344 e. The van der Waals surface area contributed by atoms with Crippen molar-refractivity contribution in [3.63, 3.8) is 0 Å². The smallest absolute Gasteiger partial charge is 0.212 e. The van der Waals surface area contributed by atoms with Crippen LogP contribution in [0.15, 0.2) is 84.6 Å². The summed E-state index contributed by atoms with van der Waals surface area (Å²) in [5.41, 5.74) is 6.09. The number of hydrogen-bond donors (Lipinski definition) is 0. The van der Waals surface area contributed by atoms with Crippen LogP contribution in [-0.4, -0.2) is 7.05 Å². The van der Waals surface area contributed by atoms with Crippen LogP contribution in [0, 0.1) is 0 Å². The van der Waals surface area contributed by atoms with Crippen LogP contribution in [0.25, 0.3) is 23.1 Å². The number of allylic oxidation sites excluding steroid dienone is 3. The Kier molecular flexibility index (Phi) is 8.42. The quantitative estimate of drug-likeness (QED) is 0.441. The molecule has 2 aromatic carbocycles. The lowest BCUT2D eigenvalue weighted by Crippen LogP contribution is -2.32. The molecule has 0 aliphatic carbocycles. The average molecular weight is 386 g/mol. The SMILES string of the molecule is CC.CC.CN1C(=CC=Cc2ccc3ccccc3[n+]2C)C=Cc2ccccc21. The van der Waals surface area contributed by atoms with Crippen LogP contribution in [0.1, 0.15) is 39.0 Å². The van der Waals surface area contributed by atoms with Gasteiger partial charge in [-0.2, -0.15) is 4.57 Å². The second-order valence-electron chi connectivity index (χ2n) is 6.28. The van der Waals surface area contributed by atoms with E-state index in [-0.39, 0.29) is 0 Å². The summed E-state index contributed by atoms with van der Waals surface area (Å²) in [5.74, 6) is 0. The number of likely N-dealkylation sites (N-methyl/N-ethyl adjacent to an activating group) is 1. The zero-order valence-electron chi connectivity index (χ0n) is 18.6. The molecule has 2 heteroatoms. The Labute approximate surface area is 176 Å². The first-order chi connectivity index (χ1) is 14.2. The van der Waals surface area contributed by atoms with Crippen molar-refractivity contribution in [2.75, 3.05) is 11.9 Å². The number of aromatic nitrogens is 1. The van der Waals surface area contributed by atoms with Crippen LogP contribution in [0.3, 0.4) is 0 Å². The Balaban J connectivity index is 0.000000707. The minimum atomic E-state index is 1.18. The highest BCUT2D eigenvalue weighted by molar-refractivity contribution is 5.77. The molecule has 0 atom stereocenters. The molecular weight excluding hydrogens is 352 g/mol. The van der Waals surface area contributed by atoms with E-state index in [1.54, 1.807) is 0 Å². The van der Waals surface area contributed by atoms with Crippen LogP contribution < -0.4 is 9.47 Å². The van der Waals surface area contributed by atoms with Crippen molar-refractivity contribution in [1.82, 2.24) is 0 Å². The fraction of sp³-hybridized carbons (Fsp3) is 0.222. The van der Waals surface area contributed by atoms with E-state index in [2.05, 4.69) is 115 Å². The van der Waals surface area contributed by atoms with Crippen molar-refractivity contribution in [3.8, 4) is 0 Å². The maximum absolute atomic E-state index is 2.22. The van der Waals surface area contributed by atoms with E-state index in [1.807, 2.05) is 27.7 Å². The predicted molar refractivity (Wildman–Crippen MR) is 129 cm³/mol. The minimum Gasteiger partial charge on any atom is -0.344 e. The number of fused-ring (bicyclic) bond motifs is 2. The fourth-order valence-corrected chi connectivity index (χ4v) is 3.30. The molecule has 0 unspecified atom stereocenters. The molecule has 0 bridgehead atoms. The summed E-state index contributed by atoms with van der Waals surface area (Å²) in [4.78, 5) is 2.22. The summed E-state index contributed by atoms with van der Waals surface area (Å²) in [7, 11) is 4.22. The summed E-state index contributed by atoms with van der Waals surface area (Å²) in [6.45, 7) is 8.00. The third-order valence-corrected chi connectivity index (χ3v) is 4.77. The normalized spacial score (nSPS) is 13.6. The Bertz CT molecular complexity index is 1030. The third kappa shape index (κ3) is 5.03. The van der Waals surface area contributed by atoms with Gasteiger partial charge in [-0.1, -0.05) is 70.2 Å². The van der Waals surface area contributed by atoms with Gasteiger partial charge in [0, 0.05) is 42.0 Å². The van der Waals surface area contributed by atoms with Crippen LogP contribution in [0.2, 0.25) is 0 Å². The van der Waals surface area contributed by atoms with Gasteiger partial charge in [0.2, 0.25) is 11.2 Å². The minimum absolute atomic E-state index is 1.18. The molecule has 150 valence electrons. The lowest BCUT2D eigenvalue weighted by molar-refractivity contribution is -0.646. The van der Waals surface area contributed by atoms with Crippen molar-refractivity contribution in [3.05, 3.63) is 95.8 Å². The lowest BCUT2D eigenvalue weighted by atomic mass is 10.1. The number of hydrogen-bond acceptors (Lipinski definition) is 1. The molecule has 29 heavy (non-hydrogen) atoms. The van der Waals surface area contributed by atoms with E-state index < -0.39 is 0 Å². The molecule has 1 aliphatic heterocycles. The van der Waals surface area contributed by atoms with Crippen molar-refractivity contribution >= 4 is 28.7 Å². The summed E-state index contributed by atoms with van der Waals surface area (Å²) in [6, 6.07) is 21.2. The monoisotopic (exact) mass is 385 g/mol. The van der Waals surface area contributed by atoms with Gasteiger partial charge in [0.05, 0.1) is 0 Å². The third-order valence-electron chi connectivity index (χ3n) is 4.77. The van der Waals surface area contributed by atoms with E-state index >= 15 is 0 Å². The number of benzene rings is 2. The zero-order valence-corrected chi connectivity index (χ0v) is 18.6. The maximum Gasteiger partial charge on any atom is 0.212 e. The van der Waals surface area contributed by atoms with E-state index in [9.17, 15) is 0 Å². The van der Waals surface area contributed by atoms with Crippen LogP contribution in [0.5, 0.6) is 0 Å². The summed E-state index contributed by atoms with van der Waals surface area (Å²) in [6.07, 6.45) is 10.8. The van der Waals surface area contributed by atoms with Crippen molar-refractivity contribution in [2.24, 2.45) is 7.05 Å². The molecule has 2 nitrogen and oxygen atoms in total. The first kappa shape index (κ1) is 22.2. The molecule has 0 fully saturated rings. The molecule has 0 N–H and O–H groups in total. The molecule has 1 aliphatic rings. The van der Waals surface area contributed by atoms with Gasteiger partial charge >= 0.3 is 0 Å². The number of pyridine rings is 1. The molecule has 2 heterocycles. The predicted octanol–water partition coefficient (Wildman–Crippen LogP) is 6.78. The fourth-order valence-electron chi connectivity index (χ4n) is 3.30. The topological polar surface area (TPSA) is 7.12 Å². The number of rotatable bonds is 2. The van der Waals surface area contributed by atoms with E-state index in [0.29, 0.717) is 0 Å². The first-order valence-electron chi connectivity index (χ1n) is 10.5. The second kappa shape index (κ2) is 11.0. The molecule has 0 spiro atoms. The van der Waals surface area contributed by atoms with Gasteiger partial charge in [0.25, 0.3) is 0 Å². The Morgan fingerprint density at radius 2 is 1.48 bits per heavy atom. The number of nitrogens with zero attached hydrogens (tertiary/aromatic N) is 2. The molecule has 0 radical (unpaired) electrons. The van der Waals surface area contributed by atoms with Gasteiger partial charge in [-0.15, -0.1) is 0 Å². The Hall–Kier alpha value is -3.13. The van der Waals surface area contributed by atoms with E-state index in [0.717, 1.165) is 0 Å². The van der Waals surface area contributed by atoms with Crippen LogP contribution in [-0.2, 0) is 7.05 Å². The number of anilines is 1. The molecule has 1 aromatic heterocycles. The highest BCUT2D eigenvalue weighted by Gasteiger charge is 2.12. The summed E-state index contributed by atoms with van der Waals surface area (Å²) in [5, 5.41) is 1.26. The van der Waals surface area contributed by atoms with Gasteiger partial charge in [0.1, 0.15) is 7.05 Å². The number of aryl methyl sites for hydroxylation is 1. The Morgan fingerprint density at radius 3 is 2.28 bits per heavy atom. The molecule has 0 amide bonds. The van der Waals surface area contributed by atoms with E-state index in [1.165, 1.54) is 33.5 Å². The molecule has 3 aromatic rings. The van der Waals surface area contributed by atoms with E-state index in [4.69, 9.17) is 0 Å². The molecule has 0 saturated heterocycles. The maximum atomic E-state index is 2.22.